The number of oxazole rings is 1. The molecule has 3 heterocycles. The van der Waals surface area contributed by atoms with Gasteiger partial charge in [-0.2, -0.15) is 10.1 Å². The Labute approximate surface area is 208 Å². The minimum absolute atomic E-state index is 0.156. The Balaban J connectivity index is 1.32. The van der Waals surface area contributed by atoms with Crippen molar-refractivity contribution in [2.24, 2.45) is 0 Å². The number of benzene rings is 2. The predicted molar refractivity (Wildman–Crippen MR) is 140 cm³/mol. The molecular weight excluding hydrogens is 454 g/mol. The quantitative estimate of drug-likeness (QED) is 0.308. The van der Waals surface area contributed by atoms with Crippen LogP contribution in [0.2, 0.25) is 0 Å². The maximum atomic E-state index is 10.4. The van der Waals surface area contributed by atoms with Gasteiger partial charge in [0.2, 0.25) is 0 Å². The average molecular weight is 484 g/mol. The van der Waals surface area contributed by atoms with Gasteiger partial charge in [0, 0.05) is 11.3 Å². The van der Waals surface area contributed by atoms with Crippen molar-refractivity contribution in [2.75, 3.05) is 11.1 Å². The second-order valence-corrected chi connectivity index (χ2v) is 10.1. The zero-order chi connectivity index (χ0) is 25.0. The van der Waals surface area contributed by atoms with Gasteiger partial charge in [-0.05, 0) is 75.8 Å². The molecule has 1 saturated carbocycles. The molecule has 2 aromatic carbocycles. The maximum absolute atomic E-state index is 10.4. The van der Waals surface area contributed by atoms with Crippen molar-refractivity contribution in [3.63, 3.8) is 0 Å². The van der Waals surface area contributed by atoms with Gasteiger partial charge < -0.3 is 20.6 Å². The fraction of sp³-hybridized carbons (Fsp3) is 0.333. The van der Waals surface area contributed by atoms with E-state index in [1.165, 1.54) is 6.33 Å². The van der Waals surface area contributed by atoms with Crippen molar-refractivity contribution in [1.29, 1.82) is 0 Å². The highest BCUT2D eigenvalue weighted by atomic mass is 16.4. The van der Waals surface area contributed by atoms with E-state index < -0.39 is 5.60 Å². The van der Waals surface area contributed by atoms with E-state index in [4.69, 9.17) is 15.2 Å². The average Bonchev–Trinajstić information content (AvgIpc) is 3.42. The van der Waals surface area contributed by atoms with Gasteiger partial charge in [-0.3, -0.25) is 0 Å². The fourth-order valence-corrected chi connectivity index (χ4v) is 5.19. The monoisotopic (exact) mass is 483 g/mol. The predicted octanol–water partition coefficient (Wildman–Crippen LogP) is 5.44. The molecule has 5 aromatic rings. The van der Waals surface area contributed by atoms with Crippen LogP contribution in [0.4, 0.5) is 17.5 Å². The molecule has 0 atom stereocenters. The number of nitrogen functional groups attached to an aromatic ring is 1. The van der Waals surface area contributed by atoms with Crippen molar-refractivity contribution in [1.82, 2.24) is 24.7 Å². The van der Waals surface area contributed by atoms with Gasteiger partial charge in [-0.1, -0.05) is 18.2 Å². The molecule has 4 N–H and O–H groups in total. The first kappa shape index (κ1) is 22.5. The molecule has 9 nitrogen and oxygen atoms in total. The molecule has 0 bridgehead atoms. The van der Waals surface area contributed by atoms with Gasteiger partial charge in [0.25, 0.3) is 6.01 Å². The SMILES string of the molecule is Cc1cc(C)c2oc(Nc3ccc(-c4nn([C@H]5CC[C@](C)(O)CC5)c5ncnc(N)c45)cc3)nc2c1. The lowest BCUT2D eigenvalue weighted by atomic mass is 9.84. The largest absolute Gasteiger partial charge is 0.423 e. The Morgan fingerprint density at radius 1 is 1.11 bits per heavy atom. The summed E-state index contributed by atoms with van der Waals surface area (Å²) < 4.78 is 7.91. The molecule has 1 aliphatic carbocycles. The second-order valence-electron chi connectivity index (χ2n) is 10.1. The van der Waals surface area contributed by atoms with Crippen LogP contribution in [0, 0.1) is 13.8 Å². The molecule has 184 valence electrons. The van der Waals surface area contributed by atoms with Gasteiger partial charge >= 0.3 is 0 Å². The number of nitrogens with zero attached hydrogens (tertiary/aromatic N) is 5. The smallest absolute Gasteiger partial charge is 0.300 e. The molecule has 0 spiro atoms. The third kappa shape index (κ3) is 3.95. The van der Waals surface area contributed by atoms with Crippen LogP contribution in [-0.2, 0) is 0 Å². The van der Waals surface area contributed by atoms with Crippen molar-refractivity contribution >= 4 is 39.7 Å². The Morgan fingerprint density at radius 3 is 2.61 bits per heavy atom. The first-order valence-electron chi connectivity index (χ1n) is 12.2. The van der Waals surface area contributed by atoms with Gasteiger partial charge in [0.1, 0.15) is 23.4 Å². The lowest BCUT2D eigenvalue weighted by molar-refractivity contribution is 0.00900. The van der Waals surface area contributed by atoms with E-state index in [0.29, 0.717) is 11.8 Å². The molecule has 6 rings (SSSR count). The number of aryl methyl sites for hydroxylation is 2. The van der Waals surface area contributed by atoms with Gasteiger partial charge in [-0.15, -0.1) is 0 Å². The van der Waals surface area contributed by atoms with Crippen LogP contribution < -0.4 is 11.1 Å². The molecule has 0 radical (unpaired) electrons. The van der Waals surface area contributed by atoms with Gasteiger partial charge in [0.05, 0.1) is 17.0 Å². The van der Waals surface area contributed by atoms with E-state index in [2.05, 4.69) is 26.3 Å². The van der Waals surface area contributed by atoms with Crippen LogP contribution in [0.25, 0.3) is 33.4 Å². The number of rotatable bonds is 4. The van der Waals surface area contributed by atoms with E-state index in [9.17, 15) is 5.11 Å². The molecule has 0 amide bonds. The molecule has 9 heteroatoms. The minimum atomic E-state index is -0.620. The van der Waals surface area contributed by atoms with E-state index in [1.807, 2.05) is 55.8 Å². The summed E-state index contributed by atoms with van der Waals surface area (Å²) in [4.78, 5) is 13.3. The van der Waals surface area contributed by atoms with Crippen molar-refractivity contribution in [3.05, 3.63) is 53.9 Å². The topological polar surface area (TPSA) is 128 Å². The second kappa shape index (κ2) is 8.30. The highest BCUT2D eigenvalue weighted by Gasteiger charge is 2.31. The third-order valence-corrected chi connectivity index (χ3v) is 7.13. The van der Waals surface area contributed by atoms with Crippen LogP contribution in [0.5, 0.6) is 0 Å². The highest BCUT2D eigenvalue weighted by molar-refractivity contribution is 5.98. The molecule has 1 aliphatic rings. The van der Waals surface area contributed by atoms with Gasteiger partial charge in [0.15, 0.2) is 11.2 Å². The summed E-state index contributed by atoms with van der Waals surface area (Å²) in [7, 11) is 0. The minimum Gasteiger partial charge on any atom is -0.423 e. The summed E-state index contributed by atoms with van der Waals surface area (Å²) in [5.74, 6) is 0.406. The zero-order valence-corrected chi connectivity index (χ0v) is 20.6. The normalized spacial score (nSPS) is 20.3. The Bertz CT molecular complexity index is 1570. The number of hydrogen-bond acceptors (Lipinski definition) is 8. The van der Waals surface area contributed by atoms with E-state index in [-0.39, 0.29) is 6.04 Å². The number of hydrogen-bond donors (Lipinski definition) is 3. The fourth-order valence-electron chi connectivity index (χ4n) is 5.19. The number of anilines is 3. The summed E-state index contributed by atoms with van der Waals surface area (Å²) in [6, 6.07) is 12.6. The summed E-state index contributed by atoms with van der Waals surface area (Å²) in [5.41, 5.74) is 12.7. The van der Waals surface area contributed by atoms with Crippen molar-refractivity contribution in [2.45, 2.75) is 58.1 Å². The van der Waals surface area contributed by atoms with Crippen LogP contribution in [-0.4, -0.2) is 35.4 Å². The lowest BCUT2D eigenvalue weighted by Gasteiger charge is -2.33. The number of nitrogens with one attached hydrogen (secondary N) is 1. The van der Waals surface area contributed by atoms with Crippen molar-refractivity contribution < 1.29 is 9.52 Å². The Morgan fingerprint density at radius 2 is 1.86 bits per heavy atom. The lowest BCUT2D eigenvalue weighted by Crippen LogP contribution is -2.31. The zero-order valence-electron chi connectivity index (χ0n) is 20.6. The summed E-state index contributed by atoms with van der Waals surface area (Å²) >= 11 is 0. The Hall–Kier alpha value is -3.98. The van der Waals surface area contributed by atoms with E-state index in [1.54, 1.807) is 0 Å². The number of aliphatic hydroxyl groups is 1. The number of nitrogens with two attached hydrogens (primary N) is 1. The highest BCUT2D eigenvalue weighted by Crippen LogP contribution is 2.39. The molecular formula is C27H29N7O2. The number of aromatic nitrogens is 5. The van der Waals surface area contributed by atoms with Crippen molar-refractivity contribution in [3.8, 4) is 11.3 Å². The molecule has 0 saturated heterocycles. The molecule has 3 aromatic heterocycles. The van der Waals surface area contributed by atoms with Crippen LogP contribution >= 0.6 is 0 Å². The summed E-state index contributed by atoms with van der Waals surface area (Å²) in [5, 5.41) is 19.3. The van der Waals surface area contributed by atoms with Gasteiger partial charge in [-0.25, -0.2) is 14.6 Å². The first-order chi connectivity index (χ1) is 17.3. The van der Waals surface area contributed by atoms with E-state index in [0.717, 1.165) is 75.9 Å². The molecule has 0 aliphatic heterocycles. The third-order valence-electron chi connectivity index (χ3n) is 7.13. The van der Waals surface area contributed by atoms with Crippen LogP contribution in [0.3, 0.4) is 0 Å². The standard InChI is InChI=1S/C27H29N7O2/c1-15-12-16(2)23-20(13-15)32-26(36-23)31-18-6-4-17(5-7-18)22-21-24(28)29-14-30-25(21)34(33-22)19-8-10-27(3,35)11-9-19/h4-7,12-14,19,35H,8-11H2,1-3H3,(H,31,32)(H2,28,29,30)/t19-,27-. The Kier molecular flexibility index (Phi) is 5.19. The number of fused-ring (bicyclic) bond motifs is 2. The molecule has 0 unspecified atom stereocenters. The van der Waals surface area contributed by atoms with Crippen LogP contribution in [0.15, 0.2) is 47.1 Å². The summed E-state index contributed by atoms with van der Waals surface area (Å²) in [6.07, 6.45) is 4.60. The molecule has 1 fully saturated rings. The van der Waals surface area contributed by atoms with E-state index >= 15 is 0 Å². The van der Waals surface area contributed by atoms with Crippen LogP contribution in [0.1, 0.15) is 49.8 Å². The first-order valence-corrected chi connectivity index (χ1v) is 12.2. The summed E-state index contributed by atoms with van der Waals surface area (Å²) in [6.45, 7) is 5.97. The molecule has 36 heavy (non-hydrogen) atoms. The maximum Gasteiger partial charge on any atom is 0.300 e.